The Hall–Kier alpha value is -1.96. The van der Waals surface area contributed by atoms with Crippen molar-refractivity contribution in [2.45, 2.75) is 57.7 Å². The third-order valence-corrected chi connectivity index (χ3v) is 5.88. The van der Waals surface area contributed by atoms with Gasteiger partial charge in [-0.05, 0) is 45.9 Å². The standard InChI is InChI=1S/C20H25N5OS.ClH/c1-19(2)9-14(10-20(3,4)25-19)26-18-8-5-15(23-24-18)17-7-6-16(27-17)13-11-21-22-12-13;/h5-8,11-12,14,25H,9-10H2,1-4H3,(H,21,22);1H. The van der Waals surface area contributed by atoms with Crippen LogP contribution in [0.2, 0.25) is 0 Å². The molecule has 0 radical (unpaired) electrons. The molecule has 3 aromatic heterocycles. The zero-order chi connectivity index (χ0) is 19.1. The highest BCUT2D eigenvalue weighted by Gasteiger charge is 2.38. The average Bonchev–Trinajstić information content (AvgIpc) is 3.24. The van der Waals surface area contributed by atoms with Crippen LogP contribution in [0.4, 0.5) is 0 Å². The molecule has 2 N–H and O–H groups in total. The lowest BCUT2D eigenvalue weighted by Gasteiger charge is -2.46. The second-order valence-electron chi connectivity index (χ2n) is 8.45. The van der Waals surface area contributed by atoms with E-state index in [4.69, 9.17) is 4.74 Å². The number of aromatic nitrogens is 4. The van der Waals surface area contributed by atoms with E-state index in [1.54, 1.807) is 11.3 Å². The molecule has 1 aliphatic rings. The summed E-state index contributed by atoms with van der Waals surface area (Å²) in [5.74, 6) is 0.587. The number of thiophene rings is 1. The molecule has 0 amide bonds. The van der Waals surface area contributed by atoms with Crippen molar-refractivity contribution in [1.29, 1.82) is 0 Å². The third-order valence-electron chi connectivity index (χ3n) is 4.72. The summed E-state index contributed by atoms with van der Waals surface area (Å²) >= 11 is 1.67. The Bertz CT molecular complexity index is 889. The molecule has 0 aliphatic carbocycles. The summed E-state index contributed by atoms with van der Waals surface area (Å²) in [6.45, 7) is 8.86. The fourth-order valence-corrected chi connectivity index (χ4v) is 4.97. The summed E-state index contributed by atoms with van der Waals surface area (Å²) in [7, 11) is 0. The molecular weight excluding hydrogens is 394 g/mol. The van der Waals surface area contributed by atoms with Gasteiger partial charge in [-0.2, -0.15) is 5.10 Å². The summed E-state index contributed by atoms with van der Waals surface area (Å²) in [5.41, 5.74) is 2.02. The van der Waals surface area contributed by atoms with Gasteiger partial charge < -0.3 is 10.1 Å². The topological polar surface area (TPSA) is 75.7 Å². The van der Waals surface area contributed by atoms with Gasteiger partial charge in [0.2, 0.25) is 5.88 Å². The lowest BCUT2D eigenvalue weighted by atomic mass is 9.81. The van der Waals surface area contributed by atoms with Gasteiger partial charge in [0, 0.05) is 46.6 Å². The quantitative estimate of drug-likeness (QED) is 0.640. The van der Waals surface area contributed by atoms with Crippen LogP contribution in [0.5, 0.6) is 5.88 Å². The van der Waals surface area contributed by atoms with Gasteiger partial charge in [-0.3, -0.25) is 5.10 Å². The van der Waals surface area contributed by atoms with E-state index in [1.807, 2.05) is 24.5 Å². The molecule has 0 bridgehead atoms. The monoisotopic (exact) mass is 419 g/mol. The van der Waals surface area contributed by atoms with Gasteiger partial charge in [-0.25, -0.2) is 0 Å². The minimum absolute atomic E-state index is 0. The first-order chi connectivity index (χ1) is 12.8. The molecule has 150 valence electrons. The van der Waals surface area contributed by atoms with Crippen molar-refractivity contribution in [3.63, 3.8) is 0 Å². The SMILES string of the molecule is CC1(C)CC(Oc2ccc(-c3ccc(-c4cn[nH]c4)s3)nn2)CC(C)(C)N1.Cl. The number of aromatic amines is 1. The first-order valence-corrected chi connectivity index (χ1v) is 10.0. The fourth-order valence-electron chi connectivity index (χ4n) is 4.01. The molecule has 3 aromatic rings. The number of H-pyrrole nitrogens is 1. The predicted octanol–water partition coefficient (Wildman–Crippen LogP) is 4.71. The maximum Gasteiger partial charge on any atom is 0.233 e. The van der Waals surface area contributed by atoms with Crippen molar-refractivity contribution < 1.29 is 4.74 Å². The van der Waals surface area contributed by atoms with E-state index >= 15 is 0 Å². The normalized spacial score (nSPS) is 18.4. The molecule has 28 heavy (non-hydrogen) atoms. The molecule has 0 atom stereocenters. The molecule has 4 heterocycles. The molecule has 0 spiro atoms. The molecule has 1 aliphatic heterocycles. The molecule has 8 heteroatoms. The van der Waals surface area contributed by atoms with Gasteiger partial charge in [0.15, 0.2) is 0 Å². The number of rotatable bonds is 4. The van der Waals surface area contributed by atoms with E-state index in [0.717, 1.165) is 33.9 Å². The molecule has 0 saturated carbocycles. The second kappa shape index (κ2) is 7.81. The van der Waals surface area contributed by atoms with Gasteiger partial charge in [0.25, 0.3) is 0 Å². The van der Waals surface area contributed by atoms with Crippen LogP contribution in [0.3, 0.4) is 0 Å². The van der Waals surface area contributed by atoms with Crippen molar-refractivity contribution in [2.24, 2.45) is 0 Å². The Morgan fingerprint density at radius 2 is 1.71 bits per heavy atom. The Morgan fingerprint density at radius 3 is 2.32 bits per heavy atom. The van der Waals surface area contributed by atoms with Gasteiger partial charge >= 0.3 is 0 Å². The van der Waals surface area contributed by atoms with Crippen molar-refractivity contribution >= 4 is 23.7 Å². The number of nitrogens with zero attached hydrogens (tertiary/aromatic N) is 3. The van der Waals surface area contributed by atoms with Crippen LogP contribution < -0.4 is 10.1 Å². The molecule has 1 saturated heterocycles. The molecule has 0 aromatic carbocycles. The Balaban J connectivity index is 0.00000225. The van der Waals surface area contributed by atoms with E-state index in [2.05, 4.69) is 65.5 Å². The second-order valence-corrected chi connectivity index (χ2v) is 9.53. The zero-order valence-electron chi connectivity index (χ0n) is 16.5. The lowest BCUT2D eigenvalue weighted by Crippen LogP contribution is -2.60. The first kappa shape index (κ1) is 20.8. The van der Waals surface area contributed by atoms with Crippen LogP contribution >= 0.6 is 23.7 Å². The summed E-state index contributed by atoms with van der Waals surface area (Å²) in [5, 5.41) is 19.2. The first-order valence-electron chi connectivity index (χ1n) is 9.19. The Kier molecular flexibility index (Phi) is 5.79. The smallest absolute Gasteiger partial charge is 0.233 e. The van der Waals surface area contributed by atoms with Crippen LogP contribution in [0.15, 0.2) is 36.7 Å². The molecule has 0 unspecified atom stereocenters. The third kappa shape index (κ3) is 4.71. The fraction of sp³-hybridized carbons (Fsp3) is 0.450. The van der Waals surface area contributed by atoms with Gasteiger partial charge in [-0.15, -0.1) is 33.9 Å². The Morgan fingerprint density at radius 1 is 1.00 bits per heavy atom. The van der Waals surface area contributed by atoms with Crippen LogP contribution in [0.25, 0.3) is 21.0 Å². The maximum atomic E-state index is 6.16. The highest BCUT2D eigenvalue weighted by Crippen LogP contribution is 2.34. The number of hydrogen-bond acceptors (Lipinski definition) is 6. The van der Waals surface area contributed by atoms with Gasteiger partial charge in [0.05, 0.1) is 11.1 Å². The number of piperidine rings is 1. The van der Waals surface area contributed by atoms with Gasteiger partial charge in [0.1, 0.15) is 11.8 Å². The summed E-state index contributed by atoms with van der Waals surface area (Å²) < 4.78 is 6.16. The Labute approximate surface area is 175 Å². The van der Waals surface area contributed by atoms with Crippen LogP contribution in [-0.4, -0.2) is 37.6 Å². The zero-order valence-corrected chi connectivity index (χ0v) is 18.2. The molecular formula is C20H26ClN5OS. The summed E-state index contributed by atoms with van der Waals surface area (Å²) in [6.07, 6.45) is 5.73. The highest BCUT2D eigenvalue weighted by molar-refractivity contribution is 7.18. The minimum atomic E-state index is 0. The molecule has 1 fully saturated rings. The summed E-state index contributed by atoms with van der Waals surface area (Å²) in [4.78, 5) is 2.23. The number of halogens is 1. The number of hydrogen-bond donors (Lipinski definition) is 2. The maximum absolute atomic E-state index is 6.16. The molecule has 4 rings (SSSR count). The van der Waals surface area contributed by atoms with Crippen molar-refractivity contribution in [3.05, 3.63) is 36.7 Å². The van der Waals surface area contributed by atoms with Crippen LogP contribution in [0.1, 0.15) is 40.5 Å². The van der Waals surface area contributed by atoms with E-state index in [9.17, 15) is 0 Å². The van der Waals surface area contributed by atoms with Crippen LogP contribution in [0, 0.1) is 0 Å². The number of nitrogens with one attached hydrogen (secondary N) is 2. The molecule has 6 nitrogen and oxygen atoms in total. The minimum Gasteiger partial charge on any atom is -0.473 e. The van der Waals surface area contributed by atoms with E-state index in [-0.39, 0.29) is 29.6 Å². The van der Waals surface area contributed by atoms with E-state index in [1.165, 1.54) is 0 Å². The number of ether oxygens (including phenoxy) is 1. The van der Waals surface area contributed by atoms with E-state index < -0.39 is 0 Å². The van der Waals surface area contributed by atoms with Crippen molar-refractivity contribution in [1.82, 2.24) is 25.7 Å². The average molecular weight is 420 g/mol. The van der Waals surface area contributed by atoms with E-state index in [0.29, 0.717) is 5.88 Å². The van der Waals surface area contributed by atoms with Crippen molar-refractivity contribution in [3.8, 4) is 26.9 Å². The van der Waals surface area contributed by atoms with Gasteiger partial charge in [-0.1, -0.05) is 0 Å². The van der Waals surface area contributed by atoms with Crippen LogP contribution in [-0.2, 0) is 0 Å². The summed E-state index contributed by atoms with van der Waals surface area (Å²) in [6, 6.07) is 8.04. The largest absolute Gasteiger partial charge is 0.473 e. The predicted molar refractivity (Wildman–Crippen MR) is 115 cm³/mol. The highest BCUT2D eigenvalue weighted by atomic mass is 35.5. The lowest BCUT2D eigenvalue weighted by molar-refractivity contribution is 0.0524. The van der Waals surface area contributed by atoms with Crippen molar-refractivity contribution in [2.75, 3.05) is 0 Å².